The van der Waals surface area contributed by atoms with Crippen LogP contribution in [0, 0.1) is 5.92 Å². The van der Waals surface area contributed by atoms with E-state index in [1.54, 1.807) is 19.0 Å². The van der Waals surface area contributed by atoms with Crippen molar-refractivity contribution in [3.05, 3.63) is 12.7 Å². The average Bonchev–Trinajstić information content (AvgIpc) is 2.49. The van der Waals surface area contributed by atoms with Crippen LogP contribution in [0.15, 0.2) is 22.6 Å². The summed E-state index contributed by atoms with van der Waals surface area (Å²) in [6, 6.07) is 0. The summed E-state index contributed by atoms with van der Waals surface area (Å²) in [4.78, 5) is 22.6. The second kappa shape index (κ2) is 8.96. The van der Waals surface area contributed by atoms with Crippen molar-refractivity contribution in [3.8, 4) is 0 Å². The van der Waals surface area contributed by atoms with Gasteiger partial charge in [0.1, 0.15) is 5.71 Å². The Hall–Kier alpha value is -1.70. The standard InChI is InChI=1S/C16H25F3N4O/c1-5-13(14(24)23-9-6-12(2)7-10-23)21-15(16(17,18)19)20-8-11-22(3)4/h5,12H,1,6-11H2,2-4H3/b20-15-,21-13+. The van der Waals surface area contributed by atoms with E-state index < -0.39 is 17.9 Å². The van der Waals surface area contributed by atoms with Gasteiger partial charge in [0.25, 0.3) is 5.91 Å². The summed E-state index contributed by atoms with van der Waals surface area (Å²) in [5, 5.41) is 0. The summed E-state index contributed by atoms with van der Waals surface area (Å²) in [5.74, 6) is -1.31. The molecular weight excluding hydrogens is 321 g/mol. The zero-order valence-corrected chi connectivity index (χ0v) is 14.4. The SMILES string of the molecule is C=C/C(=N\C(=N/CCN(C)C)C(F)(F)F)C(=O)N1CCC(C)CC1. The molecule has 0 aromatic rings. The Kier molecular flexibility index (Phi) is 7.59. The molecule has 0 unspecified atom stereocenters. The maximum absolute atomic E-state index is 13.1. The Labute approximate surface area is 140 Å². The first kappa shape index (κ1) is 20.3. The Morgan fingerprint density at radius 2 is 1.92 bits per heavy atom. The number of carbonyl (C=O) groups is 1. The third kappa shape index (κ3) is 6.43. The quantitative estimate of drug-likeness (QED) is 0.567. The second-order valence-electron chi connectivity index (χ2n) is 6.18. The van der Waals surface area contributed by atoms with Gasteiger partial charge in [0.2, 0.25) is 5.84 Å². The lowest BCUT2D eigenvalue weighted by Gasteiger charge is -2.30. The van der Waals surface area contributed by atoms with Crippen molar-refractivity contribution in [2.75, 3.05) is 40.3 Å². The molecule has 24 heavy (non-hydrogen) atoms. The molecule has 1 fully saturated rings. The fraction of sp³-hybridized carbons (Fsp3) is 0.688. The first-order chi connectivity index (χ1) is 11.1. The lowest BCUT2D eigenvalue weighted by Crippen LogP contribution is -2.41. The second-order valence-corrected chi connectivity index (χ2v) is 6.18. The fourth-order valence-electron chi connectivity index (χ4n) is 2.21. The number of aliphatic imine (C=N–C) groups is 2. The molecule has 8 heteroatoms. The van der Waals surface area contributed by atoms with E-state index in [9.17, 15) is 18.0 Å². The monoisotopic (exact) mass is 346 g/mol. The molecule has 0 bridgehead atoms. The number of rotatable bonds is 5. The number of hydrogen-bond acceptors (Lipinski definition) is 3. The van der Waals surface area contributed by atoms with Crippen molar-refractivity contribution in [3.63, 3.8) is 0 Å². The zero-order chi connectivity index (χ0) is 18.3. The van der Waals surface area contributed by atoms with Gasteiger partial charge < -0.3 is 9.80 Å². The van der Waals surface area contributed by atoms with E-state index in [0.29, 0.717) is 25.6 Å². The van der Waals surface area contributed by atoms with Crippen LogP contribution < -0.4 is 0 Å². The van der Waals surface area contributed by atoms with Gasteiger partial charge >= 0.3 is 6.18 Å². The maximum atomic E-state index is 13.1. The topological polar surface area (TPSA) is 48.3 Å². The zero-order valence-electron chi connectivity index (χ0n) is 14.4. The van der Waals surface area contributed by atoms with Gasteiger partial charge in [-0.3, -0.25) is 9.79 Å². The molecule has 1 rings (SSSR count). The van der Waals surface area contributed by atoms with Crippen LogP contribution in [-0.4, -0.2) is 73.7 Å². The molecule has 136 valence electrons. The third-order valence-corrected chi connectivity index (χ3v) is 3.77. The molecular formula is C16H25F3N4O. The minimum atomic E-state index is -4.71. The summed E-state index contributed by atoms with van der Waals surface area (Å²) >= 11 is 0. The van der Waals surface area contributed by atoms with E-state index >= 15 is 0 Å². The number of likely N-dealkylation sites (N-methyl/N-ethyl adjacent to an activating group) is 1. The normalized spacial score (nSPS) is 18.2. The molecule has 0 aliphatic carbocycles. The number of piperidine rings is 1. The van der Waals surface area contributed by atoms with Crippen molar-refractivity contribution in [2.45, 2.75) is 25.9 Å². The van der Waals surface area contributed by atoms with Crippen molar-refractivity contribution in [1.29, 1.82) is 0 Å². The van der Waals surface area contributed by atoms with Crippen LogP contribution in [0.25, 0.3) is 0 Å². The van der Waals surface area contributed by atoms with Gasteiger partial charge in [-0.2, -0.15) is 13.2 Å². The summed E-state index contributed by atoms with van der Waals surface area (Å²) in [6.45, 7) is 6.86. The van der Waals surface area contributed by atoms with Gasteiger partial charge in [-0.05, 0) is 38.9 Å². The van der Waals surface area contributed by atoms with Gasteiger partial charge in [0, 0.05) is 19.6 Å². The largest absolute Gasteiger partial charge is 0.451 e. The number of carbonyl (C=O) groups excluding carboxylic acids is 1. The van der Waals surface area contributed by atoms with Crippen LogP contribution in [0.4, 0.5) is 13.2 Å². The number of alkyl halides is 3. The molecule has 0 radical (unpaired) electrons. The van der Waals surface area contributed by atoms with Crippen LogP contribution in [0.5, 0.6) is 0 Å². The smallest absolute Gasteiger partial charge is 0.337 e. The van der Waals surface area contributed by atoms with Crippen molar-refractivity contribution < 1.29 is 18.0 Å². The molecule has 0 N–H and O–H groups in total. The predicted molar refractivity (Wildman–Crippen MR) is 89.5 cm³/mol. The molecule has 1 saturated heterocycles. The van der Waals surface area contributed by atoms with Gasteiger partial charge in [-0.15, -0.1) is 0 Å². The van der Waals surface area contributed by atoms with Crippen LogP contribution in [-0.2, 0) is 4.79 Å². The molecule has 1 aliphatic heterocycles. The van der Waals surface area contributed by atoms with E-state index in [2.05, 4.69) is 23.5 Å². The minimum absolute atomic E-state index is 0.0504. The average molecular weight is 346 g/mol. The highest BCUT2D eigenvalue weighted by molar-refractivity contribution is 6.44. The number of amidine groups is 1. The van der Waals surface area contributed by atoms with Gasteiger partial charge in [-0.1, -0.05) is 13.5 Å². The Morgan fingerprint density at radius 3 is 2.38 bits per heavy atom. The number of halogens is 3. The lowest BCUT2D eigenvalue weighted by molar-refractivity contribution is -0.125. The first-order valence-electron chi connectivity index (χ1n) is 7.92. The molecule has 1 heterocycles. The fourth-order valence-corrected chi connectivity index (χ4v) is 2.21. The maximum Gasteiger partial charge on any atom is 0.451 e. The summed E-state index contributed by atoms with van der Waals surface area (Å²) in [5.41, 5.74) is -0.314. The Balaban J connectivity index is 2.95. The van der Waals surface area contributed by atoms with E-state index in [4.69, 9.17) is 0 Å². The molecule has 0 atom stereocenters. The van der Waals surface area contributed by atoms with E-state index in [1.165, 1.54) is 4.90 Å². The molecule has 0 saturated carbocycles. The molecule has 1 aliphatic rings. The predicted octanol–water partition coefficient (Wildman–Crippen LogP) is 2.39. The van der Waals surface area contributed by atoms with Crippen LogP contribution in [0.3, 0.4) is 0 Å². The lowest BCUT2D eigenvalue weighted by atomic mass is 9.99. The molecule has 1 amide bonds. The van der Waals surface area contributed by atoms with E-state index in [1.807, 2.05) is 0 Å². The number of likely N-dealkylation sites (tertiary alicyclic amines) is 1. The molecule has 0 spiro atoms. The summed E-state index contributed by atoms with van der Waals surface area (Å²) in [7, 11) is 3.48. The van der Waals surface area contributed by atoms with Crippen LogP contribution in [0.1, 0.15) is 19.8 Å². The number of nitrogens with zero attached hydrogens (tertiary/aromatic N) is 4. The minimum Gasteiger partial charge on any atom is -0.337 e. The van der Waals surface area contributed by atoms with E-state index in [0.717, 1.165) is 18.9 Å². The highest BCUT2D eigenvalue weighted by atomic mass is 19.4. The Bertz CT molecular complexity index is 504. The van der Waals surface area contributed by atoms with Crippen molar-refractivity contribution in [2.24, 2.45) is 15.9 Å². The van der Waals surface area contributed by atoms with Gasteiger partial charge in [0.15, 0.2) is 0 Å². The first-order valence-corrected chi connectivity index (χ1v) is 7.92. The van der Waals surface area contributed by atoms with Gasteiger partial charge in [0.05, 0.1) is 6.54 Å². The molecule has 5 nitrogen and oxygen atoms in total. The summed E-state index contributed by atoms with van der Waals surface area (Å²) in [6.07, 6.45) is -1.98. The van der Waals surface area contributed by atoms with Crippen LogP contribution >= 0.6 is 0 Å². The van der Waals surface area contributed by atoms with Gasteiger partial charge in [-0.25, -0.2) is 4.99 Å². The summed E-state index contributed by atoms with van der Waals surface area (Å²) < 4.78 is 39.3. The highest BCUT2D eigenvalue weighted by Gasteiger charge is 2.37. The molecule has 0 aromatic heterocycles. The Morgan fingerprint density at radius 1 is 1.33 bits per heavy atom. The number of hydrogen-bond donors (Lipinski definition) is 0. The highest BCUT2D eigenvalue weighted by Crippen LogP contribution is 2.20. The van der Waals surface area contributed by atoms with E-state index in [-0.39, 0.29) is 12.3 Å². The number of amides is 1. The van der Waals surface area contributed by atoms with Crippen molar-refractivity contribution in [1.82, 2.24) is 9.80 Å². The molecule has 0 aromatic carbocycles. The van der Waals surface area contributed by atoms with Crippen LogP contribution in [0.2, 0.25) is 0 Å². The van der Waals surface area contributed by atoms with Crippen molar-refractivity contribution >= 4 is 17.5 Å². The third-order valence-electron chi connectivity index (χ3n) is 3.77.